The van der Waals surface area contributed by atoms with Gasteiger partial charge in [0.1, 0.15) is 11.9 Å². The average molecular weight is 458 g/mol. The van der Waals surface area contributed by atoms with Crippen molar-refractivity contribution in [2.45, 2.75) is 63.7 Å². The van der Waals surface area contributed by atoms with Gasteiger partial charge in [-0.1, -0.05) is 6.92 Å². The molecular weight excluding hydrogens is 425 g/mol. The number of aromatic amines is 1. The molecule has 0 aliphatic carbocycles. The largest absolute Gasteiger partial charge is 0.361 e. The third-order valence-electron chi connectivity index (χ3n) is 7.24. The van der Waals surface area contributed by atoms with Gasteiger partial charge in [0.25, 0.3) is 0 Å². The molecule has 9 heteroatoms. The van der Waals surface area contributed by atoms with Crippen molar-refractivity contribution in [2.75, 3.05) is 20.1 Å². The summed E-state index contributed by atoms with van der Waals surface area (Å²) in [4.78, 5) is 45.3. The molecule has 33 heavy (non-hydrogen) atoms. The molecule has 5 atom stereocenters. The van der Waals surface area contributed by atoms with Crippen molar-refractivity contribution < 1.29 is 18.8 Å². The lowest BCUT2D eigenvalue weighted by molar-refractivity contribution is -0.138. The molecule has 1 aromatic carbocycles. The Labute approximate surface area is 192 Å². The van der Waals surface area contributed by atoms with Gasteiger partial charge in [0, 0.05) is 43.0 Å². The summed E-state index contributed by atoms with van der Waals surface area (Å²) in [5.41, 5.74) is 1.73. The van der Waals surface area contributed by atoms with E-state index in [2.05, 4.69) is 15.6 Å². The normalized spacial score (nSPS) is 24.1. The van der Waals surface area contributed by atoms with Crippen LogP contribution in [0.2, 0.25) is 0 Å². The SMILES string of the molecule is CCC(NC(=O)C(C)NC)C(=O)N1CCC2C1C(c1c[nH]c3ccc(F)cc13)CN2C(C)=O. The maximum Gasteiger partial charge on any atom is 0.245 e. The molecule has 4 rings (SSSR count). The summed E-state index contributed by atoms with van der Waals surface area (Å²) in [5, 5.41) is 6.53. The summed E-state index contributed by atoms with van der Waals surface area (Å²) in [6.07, 6.45) is 3.01. The summed E-state index contributed by atoms with van der Waals surface area (Å²) in [5.74, 6) is -0.869. The van der Waals surface area contributed by atoms with E-state index in [4.69, 9.17) is 0 Å². The smallest absolute Gasteiger partial charge is 0.245 e. The maximum absolute atomic E-state index is 14.0. The number of likely N-dealkylation sites (N-methyl/N-ethyl adjacent to an activating group) is 1. The van der Waals surface area contributed by atoms with Gasteiger partial charge in [0.15, 0.2) is 0 Å². The molecule has 3 N–H and O–H groups in total. The molecule has 2 fully saturated rings. The summed E-state index contributed by atoms with van der Waals surface area (Å²) in [7, 11) is 1.70. The first kappa shape index (κ1) is 23.2. The second kappa shape index (κ2) is 9.13. The average Bonchev–Trinajstić information content (AvgIpc) is 3.49. The quantitative estimate of drug-likeness (QED) is 0.615. The van der Waals surface area contributed by atoms with Gasteiger partial charge in [0.2, 0.25) is 17.7 Å². The topological polar surface area (TPSA) is 97.5 Å². The Hall–Kier alpha value is -2.94. The molecule has 8 nitrogen and oxygen atoms in total. The number of halogens is 1. The molecule has 0 spiro atoms. The van der Waals surface area contributed by atoms with Gasteiger partial charge in [-0.05, 0) is 50.6 Å². The third-order valence-corrected chi connectivity index (χ3v) is 7.24. The number of nitrogens with one attached hydrogen (secondary N) is 3. The number of aromatic nitrogens is 1. The Balaban J connectivity index is 1.66. The minimum atomic E-state index is -0.639. The van der Waals surface area contributed by atoms with Crippen LogP contribution in [0, 0.1) is 5.82 Å². The minimum Gasteiger partial charge on any atom is -0.361 e. The number of carbonyl (C=O) groups excluding carboxylic acids is 3. The Bertz CT molecular complexity index is 1070. The van der Waals surface area contributed by atoms with Crippen LogP contribution in [0.25, 0.3) is 10.9 Å². The number of rotatable bonds is 6. The number of fused-ring (bicyclic) bond motifs is 2. The Morgan fingerprint density at radius 2 is 2.03 bits per heavy atom. The van der Waals surface area contributed by atoms with Gasteiger partial charge in [-0.3, -0.25) is 14.4 Å². The van der Waals surface area contributed by atoms with Crippen molar-refractivity contribution in [1.29, 1.82) is 0 Å². The molecule has 0 bridgehead atoms. The molecule has 2 aromatic rings. The fraction of sp³-hybridized carbons (Fsp3) is 0.542. The van der Waals surface area contributed by atoms with E-state index in [0.717, 1.165) is 16.5 Å². The molecule has 2 aliphatic heterocycles. The minimum absolute atomic E-state index is 0.0315. The van der Waals surface area contributed by atoms with Crippen molar-refractivity contribution in [3.8, 4) is 0 Å². The van der Waals surface area contributed by atoms with E-state index in [0.29, 0.717) is 25.9 Å². The fourth-order valence-corrected chi connectivity index (χ4v) is 5.37. The highest BCUT2D eigenvalue weighted by molar-refractivity contribution is 5.90. The van der Waals surface area contributed by atoms with Crippen LogP contribution in [-0.2, 0) is 14.4 Å². The van der Waals surface area contributed by atoms with Crippen LogP contribution in [0.1, 0.15) is 45.1 Å². The molecule has 178 valence electrons. The van der Waals surface area contributed by atoms with Crippen LogP contribution in [0.3, 0.4) is 0 Å². The van der Waals surface area contributed by atoms with Crippen LogP contribution in [-0.4, -0.2) is 76.8 Å². The number of carbonyl (C=O) groups is 3. The van der Waals surface area contributed by atoms with Gasteiger partial charge in [-0.25, -0.2) is 4.39 Å². The molecular formula is C24H32FN5O3. The highest BCUT2D eigenvalue weighted by Crippen LogP contribution is 2.43. The molecule has 3 amide bonds. The number of amides is 3. The number of nitrogens with zero attached hydrogens (tertiary/aromatic N) is 2. The molecule has 5 unspecified atom stereocenters. The van der Waals surface area contributed by atoms with Crippen LogP contribution >= 0.6 is 0 Å². The van der Waals surface area contributed by atoms with Gasteiger partial charge in [-0.2, -0.15) is 0 Å². The lowest BCUT2D eigenvalue weighted by Gasteiger charge is -2.32. The highest BCUT2D eigenvalue weighted by atomic mass is 19.1. The molecule has 0 radical (unpaired) electrons. The van der Waals surface area contributed by atoms with Crippen LogP contribution in [0.15, 0.2) is 24.4 Å². The monoisotopic (exact) mass is 457 g/mol. The second-order valence-corrected chi connectivity index (χ2v) is 9.07. The van der Waals surface area contributed by atoms with E-state index >= 15 is 0 Å². The van der Waals surface area contributed by atoms with E-state index in [1.54, 1.807) is 27.0 Å². The van der Waals surface area contributed by atoms with E-state index in [1.807, 2.05) is 22.9 Å². The predicted octanol–water partition coefficient (Wildman–Crippen LogP) is 1.72. The third kappa shape index (κ3) is 4.10. The summed E-state index contributed by atoms with van der Waals surface area (Å²) in [6.45, 7) is 6.15. The van der Waals surface area contributed by atoms with Crippen LogP contribution in [0.4, 0.5) is 4.39 Å². The van der Waals surface area contributed by atoms with Crippen LogP contribution in [0.5, 0.6) is 0 Å². The zero-order valence-electron chi connectivity index (χ0n) is 19.5. The molecule has 2 saturated heterocycles. The second-order valence-electron chi connectivity index (χ2n) is 9.07. The van der Waals surface area contributed by atoms with E-state index in [9.17, 15) is 18.8 Å². The first-order valence-electron chi connectivity index (χ1n) is 11.6. The first-order chi connectivity index (χ1) is 15.8. The van der Waals surface area contributed by atoms with E-state index < -0.39 is 12.1 Å². The van der Waals surface area contributed by atoms with Crippen molar-refractivity contribution in [3.63, 3.8) is 0 Å². The number of H-pyrrole nitrogens is 1. The molecule has 3 heterocycles. The summed E-state index contributed by atoms with van der Waals surface area (Å²) in [6, 6.07) is 3.24. The van der Waals surface area contributed by atoms with E-state index in [1.165, 1.54) is 12.1 Å². The van der Waals surface area contributed by atoms with E-state index in [-0.39, 0.29) is 41.5 Å². The molecule has 1 aromatic heterocycles. The molecule has 0 saturated carbocycles. The van der Waals surface area contributed by atoms with Gasteiger partial charge in [0.05, 0.1) is 18.1 Å². The van der Waals surface area contributed by atoms with Gasteiger partial charge in [-0.15, -0.1) is 0 Å². The zero-order chi connectivity index (χ0) is 23.9. The Kier molecular flexibility index (Phi) is 6.43. The summed E-state index contributed by atoms with van der Waals surface area (Å²) < 4.78 is 14.0. The number of hydrogen-bond acceptors (Lipinski definition) is 4. The number of likely N-dealkylation sites (tertiary alicyclic amines) is 2. The fourth-order valence-electron chi connectivity index (χ4n) is 5.37. The van der Waals surface area contributed by atoms with Crippen molar-refractivity contribution in [3.05, 3.63) is 35.8 Å². The van der Waals surface area contributed by atoms with Gasteiger partial charge < -0.3 is 25.4 Å². The lowest BCUT2D eigenvalue weighted by Crippen LogP contribution is -2.54. The first-order valence-corrected chi connectivity index (χ1v) is 11.6. The lowest BCUT2D eigenvalue weighted by atomic mass is 9.91. The zero-order valence-corrected chi connectivity index (χ0v) is 19.5. The standard InChI is InChI=1S/C24H32FN5O3/c1-5-19(28-23(32)13(2)26-4)24(33)29-9-8-21-22(29)18(12-30(21)14(3)31)17-11-27-20-7-6-15(25)10-16(17)20/h6-7,10-11,13,18-19,21-22,26-27H,5,8-9,12H2,1-4H3,(H,28,32). The number of benzene rings is 1. The predicted molar refractivity (Wildman–Crippen MR) is 123 cm³/mol. The van der Waals surface area contributed by atoms with Crippen molar-refractivity contribution in [1.82, 2.24) is 25.4 Å². The maximum atomic E-state index is 14.0. The Morgan fingerprint density at radius 3 is 2.70 bits per heavy atom. The summed E-state index contributed by atoms with van der Waals surface area (Å²) >= 11 is 0. The highest BCUT2D eigenvalue weighted by Gasteiger charge is 2.52. The van der Waals surface area contributed by atoms with Crippen molar-refractivity contribution in [2.24, 2.45) is 0 Å². The van der Waals surface area contributed by atoms with Gasteiger partial charge >= 0.3 is 0 Å². The molecule has 2 aliphatic rings. The van der Waals surface area contributed by atoms with Crippen LogP contribution < -0.4 is 10.6 Å². The number of hydrogen-bond donors (Lipinski definition) is 3. The van der Waals surface area contributed by atoms with Crippen molar-refractivity contribution >= 4 is 28.6 Å². The Morgan fingerprint density at radius 1 is 1.27 bits per heavy atom.